The molecule has 3 heterocycles. The second kappa shape index (κ2) is 36.3. The number of carbonyl (C=O) groups is 3. The van der Waals surface area contributed by atoms with E-state index in [1.807, 2.05) is 39.0 Å². The maximum absolute atomic E-state index is 14.5. The lowest BCUT2D eigenvalue weighted by Gasteiger charge is -2.15. The Hall–Kier alpha value is -9.21. The molecule has 0 amide bonds. The van der Waals surface area contributed by atoms with Gasteiger partial charge in [-0.2, -0.15) is 39.5 Å². The molecule has 12 nitrogen and oxygen atoms in total. The van der Waals surface area contributed by atoms with Gasteiger partial charge in [-0.3, -0.25) is 14.4 Å². The van der Waals surface area contributed by atoms with Gasteiger partial charge in [-0.25, -0.2) is 53.4 Å². The van der Waals surface area contributed by atoms with Gasteiger partial charge in [0.05, 0.1) is 34.3 Å². The number of hydrogen-bond acceptors (Lipinski definition) is 12. The summed E-state index contributed by atoms with van der Waals surface area (Å²) >= 11 is 0. The van der Waals surface area contributed by atoms with Gasteiger partial charge in [-0.15, -0.1) is 0 Å². The molecule has 0 fully saturated rings. The minimum atomic E-state index is -4.60. The highest BCUT2D eigenvalue weighted by atomic mass is 32.2. The summed E-state index contributed by atoms with van der Waals surface area (Å²) in [5.41, 5.74) is 5.34. The van der Waals surface area contributed by atoms with E-state index in [1.165, 1.54) is 54.6 Å². The number of aromatic nitrogens is 3. The van der Waals surface area contributed by atoms with Crippen molar-refractivity contribution in [2.45, 2.75) is 136 Å². The Morgan fingerprint density at radius 1 is 0.333 bits per heavy atom. The Morgan fingerprint density at radius 3 is 0.769 bits per heavy atom. The fraction of sp³-hybridized carbons (Fsp3) is 0.333. The van der Waals surface area contributed by atoms with Crippen molar-refractivity contribution in [1.82, 2.24) is 15.0 Å². The smallest absolute Gasteiger partial charge is 0.299 e. The molecule has 0 radical (unpaired) electrons. The number of carbonyl (C=O) groups excluding carboxylic acids is 3. The number of pyridine rings is 3. The van der Waals surface area contributed by atoms with Crippen LogP contribution in [0.15, 0.2) is 164 Å². The minimum Gasteiger partial charge on any atom is -0.299 e. The van der Waals surface area contributed by atoms with Crippen LogP contribution in [0.3, 0.4) is 0 Å². The number of benzene rings is 6. The van der Waals surface area contributed by atoms with Crippen molar-refractivity contribution >= 4 is 46.9 Å². The summed E-state index contributed by atoms with van der Waals surface area (Å²) in [5.74, 6) is -4.81. The van der Waals surface area contributed by atoms with E-state index in [0.717, 1.165) is 53.7 Å². The van der Waals surface area contributed by atoms with E-state index < -0.39 is 100 Å². The summed E-state index contributed by atoms with van der Waals surface area (Å²) in [5, 5.41) is 0. The molecule has 0 aliphatic heterocycles. The van der Waals surface area contributed by atoms with Crippen LogP contribution in [0.25, 0.3) is 33.8 Å². The van der Waals surface area contributed by atoms with Crippen LogP contribution in [0, 0.1) is 38.2 Å². The van der Waals surface area contributed by atoms with Crippen LogP contribution in [-0.2, 0) is 101 Å². The van der Waals surface area contributed by atoms with Crippen molar-refractivity contribution in [2.24, 2.45) is 0 Å². The van der Waals surface area contributed by atoms with Crippen LogP contribution in [0.4, 0.5) is 52.7 Å². The molecular formula is C81H81F12N3O9S3. The summed E-state index contributed by atoms with van der Waals surface area (Å²) in [6.45, 7) is 10.4. The van der Waals surface area contributed by atoms with Gasteiger partial charge in [0.25, 0.3) is 0 Å². The number of Topliss-reactive ketones (excluding diaryl/α,β-unsaturated/α-hetero) is 3. The fourth-order valence-corrected chi connectivity index (χ4v) is 13.4. The largest absolute Gasteiger partial charge is 0.433 e. The molecule has 9 aromatic rings. The molecule has 0 aliphatic rings. The third kappa shape index (κ3) is 25.7. The summed E-state index contributed by atoms with van der Waals surface area (Å²) in [6, 6.07) is 40.7. The number of nitrogens with zero attached hydrogens (tertiary/aromatic N) is 3. The lowest BCUT2D eigenvalue weighted by molar-refractivity contribution is -0.141. The molecule has 108 heavy (non-hydrogen) atoms. The highest BCUT2D eigenvalue weighted by Crippen LogP contribution is 2.37. The summed E-state index contributed by atoms with van der Waals surface area (Å²) in [6.07, 6.45) is -9.83. The van der Waals surface area contributed by atoms with Crippen LogP contribution >= 0.6 is 0 Å². The first kappa shape index (κ1) is 86.0. The van der Waals surface area contributed by atoms with Gasteiger partial charge in [-0.05, 0) is 164 Å². The Bertz CT molecular complexity index is 4600. The number of sulfone groups is 3. The summed E-state index contributed by atoms with van der Waals surface area (Å²) in [7, 11) is -9.71. The molecule has 6 aromatic carbocycles. The Kier molecular flexibility index (Phi) is 28.9. The first-order chi connectivity index (χ1) is 50.2. The predicted molar refractivity (Wildman–Crippen MR) is 393 cm³/mol. The van der Waals surface area contributed by atoms with Gasteiger partial charge in [0.1, 0.15) is 81.4 Å². The number of alkyl halides is 9. The molecular weight excluding hydrogens is 1480 g/mol. The molecule has 1 unspecified atom stereocenters. The maximum Gasteiger partial charge on any atom is 0.433 e. The van der Waals surface area contributed by atoms with E-state index in [1.54, 1.807) is 93.6 Å². The normalized spacial score (nSPS) is 13.0. The standard InChI is InChI=1S/3C27H27F4NO3S/c3*1-17-5-4-6-22(15-17)26-20(10-12-25(32-26)27(29,30)31)9-11-24(33)18(2)21-8-7-19(23(28)16-21)13-14-36(3,34)35/h3*4-8,10,12,15-16,18H,9,11,13-14H2,1-3H3/t2*18-;/m10./s1. The first-order valence-corrected chi connectivity index (χ1v) is 40.3. The van der Waals surface area contributed by atoms with Gasteiger partial charge < -0.3 is 0 Å². The van der Waals surface area contributed by atoms with E-state index in [9.17, 15) is 92.3 Å². The van der Waals surface area contributed by atoms with Gasteiger partial charge in [-0.1, -0.05) is 147 Å². The third-order valence-electron chi connectivity index (χ3n) is 18.0. The van der Waals surface area contributed by atoms with Crippen LogP contribution in [0.2, 0.25) is 0 Å². The van der Waals surface area contributed by atoms with Gasteiger partial charge in [0.2, 0.25) is 0 Å². The van der Waals surface area contributed by atoms with Gasteiger partial charge in [0, 0.05) is 72.5 Å². The second-order valence-electron chi connectivity index (χ2n) is 27.0. The SMILES string of the molecule is Cc1cccc(-c2nc(C(F)(F)F)ccc2CCC(=O)C(C)c2ccc(CCS(C)(=O)=O)c(F)c2)c1.Cc1cccc(-c2nc(C(F)(F)F)ccc2CCC(=O)[C@@H](C)c2ccc(CCS(C)(=O)=O)c(F)c2)c1.Cc1cccc(-c2nc(C(F)(F)F)ccc2CCC(=O)[C@H](C)c2ccc(CCS(C)(=O)=O)c(F)c2)c1. The van der Waals surface area contributed by atoms with Crippen molar-refractivity contribution in [3.63, 3.8) is 0 Å². The van der Waals surface area contributed by atoms with Crippen LogP contribution < -0.4 is 0 Å². The first-order valence-electron chi connectivity index (χ1n) is 34.1. The zero-order valence-electron chi connectivity index (χ0n) is 60.6. The van der Waals surface area contributed by atoms with Crippen LogP contribution in [0.1, 0.15) is 142 Å². The molecule has 0 saturated heterocycles. The van der Waals surface area contributed by atoms with Gasteiger partial charge in [0.15, 0.2) is 0 Å². The quantitative estimate of drug-likeness (QED) is 0.0443. The number of rotatable bonds is 27. The minimum absolute atomic E-state index is 0.0322. The zero-order valence-corrected chi connectivity index (χ0v) is 63.0. The predicted octanol–water partition coefficient (Wildman–Crippen LogP) is 18.3. The topological polar surface area (TPSA) is 192 Å². The highest BCUT2D eigenvalue weighted by Gasteiger charge is 2.36. The number of ketones is 3. The molecule has 0 saturated carbocycles. The highest BCUT2D eigenvalue weighted by molar-refractivity contribution is 7.91. The van der Waals surface area contributed by atoms with Crippen LogP contribution in [0.5, 0.6) is 0 Å². The average Bonchev–Trinajstić information content (AvgIpc) is 0.820. The summed E-state index contributed by atoms with van der Waals surface area (Å²) < 4.78 is 231. The molecule has 0 aliphatic carbocycles. The molecule has 3 atom stereocenters. The Labute approximate surface area is 621 Å². The third-order valence-corrected chi connectivity index (χ3v) is 20.8. The number of aryl methyl sites for hydroxylation is 9. The Morgan fingerprint density at radius 2 is 0.565 bits per heavy atom. The average molecular weight is 1560 g/mol. The van der Waals surface area contributed by atoms with Crippen molar-refractivity contribution in [3.05, 3.63) is 265 Å². The maximum atomic E-state index is 14.5. The molecule has 9 rings (SSSR count). The summed E-state index contributed by atoms with van der Waals surface area (Å²) in [4.78, 5) is 50.3. The van der Waals surface area contributed by atoms with Crippen molar-refractivity contribution < 1.29 is 92.3 Å². The van der Waals surface area contributed by atoms with Gasteiger partial charge >= 0.3 is 18.5 Å². The fourth-order valence-electron chi connectivity index (χ4n) is 11.6. The van der Waals surface area contributed by atoms with E-state index in [4.69, 9.17) is 0 Å². The molecule has 0 spiro atoms. The monoisotopic (exact) mass is 1560 g/mol. The molecule has 27 heteroatoms. The van der Waals surface area contributed by atoms with Crippen LogP contribution in [-0.4, -0.2) is 93.6 Å². The van der Waals surface area contributed by atoms with E-state index in [-0.39, 0.29) is 126 Å². The number of halogens is 12. The van der Waals surface area contributed by atoms with E-state index >= 15 is 0 Å². The molecule has 3 aromatic heterocycles. The molecule has 576 valence electrons. The van der Waals surface area contributed by atoms with E-state index in [2.05, 4.69) is 15.0 Å². The lowest BCUT2D eigenvalue weighted by atomic mass is 9.91. The zero-order chi connectivity index (χ0) is 80.0. The molecule has 0 N–H and O–H groups in total. The lowest BCUT2D eigenvalue weighted by Crippen LogP contribution is -2.13. The van der Waals surface area contributed by atoms with Crippen molar-refractivity contribution in [2.75, 3.05) is 36.0 Å². The van der Waals surface area contributed by atoms with Crippen molar-refractivity contribution in [1.29, 1.82) is 0 Å². The van der Waals surface area contributed by atoms with E-state index in [0.29, 0.717) is 50.1 Å². The Balaban J connectivity index is 0.000000226. The number of hydrogen-bond donors (Lipinski definition) is 0. The molecule has 0 bridgehead atoms. The second-order valence-corrected chi connectivity index (χ2v) is 33.7. The van der Waals surface area contributed by atoms with Crippen molar-refractivity contribution in [3.8, 4) is 33.8 Å².